The zero-order valence-corrected chi connectivity index (χ0v) is 17.1. The molecule has 1 unspecified atom stereocenters. The van der Waals surface area contributed by atoms with E-state index in [1.807, 2.05) is 24.3 Å². The zero-order chi connectivity index (χ0) is 19.6. The van der Waals surface area contributed by atoms with E-state index in [0.29, 0.717) is 12.5 Å². The molecule has 1 aromatic heterocycles. The number of nitrogens with one attached hydrogen (secondary N) is 2. The number of guanidine groups is 1. The molecule has 0 aliphatic heterocycles. The minimum atomic E-state index is 0.284. The standard InChI is InChI=1S/C21H32N4O2/c1-6-16(7-2)19-12-17(27-25-19)14-24-21(22-4)23-13-15(3)18-10-8-9-11-20(18)26-5/h8-12,15-16H,6-7,13-14H2,1-5H3,(H2,22,23,24). The first-order chi connectivity index (χ1) is 13.1. The maximum atomic E-state index is 5.46. The number of benzene rings is 1. The summed E-state index contributed by atoms with van der Waals surface area (Å²) < 4.78 is 10.9. The minimum Gasteiger partial charge on any atom is -0.496 e. The van der Waals surface area contributed by atoms with Crippen LogP contribution in [0.1, 0.15) is 62.5 Å². The van der Waals surface area contributed by atoms with Gasteiger partial charge in [0.05, 0.1) is 19.3 Å². The topological polar surface area (TPSA) is 71.7 Å². The van der Waals surface area contributed by atoms with Crippen molar-refractivity contribution < 1.29 is 9.26 Å². The van der Waals surface area contributed by atoms with E-state index in [4.69, 9.17) is 9.26 Å². The number of ether oxygens (including phenoxy) is 1. The molecule has 0 radical (unpaired) electrons. The first kappa shape index (κ1) is 20.8. The van der Waals surface area contributed by atoms with Crippen molar-refractivity contribution in [1.82, 2.24) is 15.8 Å². The Morgan fingerprint density at radius 2 is 1.96 bits per heavy atom. The van der Waals surface area contributed by atoms with Crippen LogP contribution in [0, 0.1) is 0 Å². The molecule has 0 aliphatic carbocycles. The summed E-state index contributed by atoms with van der Waals surface area (Å²) in [6.07, 6.45) is 2.14. The Labute approximate surface area is 162 Å². The van der Waals surface area contributed by atoms with Crippen LogP contribution in [-0.2, 0) is 6.54 Å². The highest BCUT2D eigenvalue weighted by Gasteiger charge is 2.14. The molecule has 0 saturated heterocycles. The molecule has 0 bridgehead atoms. The van der Waals surface area contributed by atoms with Gasteiger partial charge >= 0.3 is 0 Å². The minimum absolute atomic E-state index is 0.284. The highest BCUT2D eigenvalue weighted by molar-refractivity contribution is 5.79. The Balaban J connectivity index is 1.87. The molecular weight excluding hydrogens is 340 g/mol. The summed E-state index contributed by atoms with van der Waals surface area (Å²) in [7, 11) is 3.46. The van der Waals surface area contributed by atoms with Crippen molar-refractivity contribution in [3.05, 3.63) is 47.3 Å². The van der Waals surface area contributed by atoms with Crippen LogP contribution in [0.2, 0.25) is 0 Å². The second-order valence-corrected chi connectivity index (χ2v) is 6.68. The lowest BCUT2D eigenvalue weighted by atomic mass is 9.99. The van der Waals surface area contributed by atoms with Crippen molar-refractivity contribution in [1.29, 1.82) is 0 Å². The number of nitrogens with zero attached hydrogens (tertiary/aromatic N) is 2. The first-order valence-corrected chi connectivity index (χ1v) is 9.65. The molecule has 0 amide bonds. The van der Waals surface area contributed by atoms with E-state index < -0.39 is 0 Å². The lowest BCUT2D eigenvalue weighted by Crippen LogP contribution is -2.38. The third-order valence-electron chi connectivity index (χ3n) is 4.88. The smallest absolute Gasteiger partial charge is 0.191 e. The van der Waals surface area contributed by atoms with Crippen molar-refractivity contribution in [2.24, 2.45) is 4.99 Å². The number of hydrogen-bond donors (Lipinski definition) is 2. The van der Waals surface area contributed by atoms with Gasteiger partial charge in [0.25, 0.3) is 0 Å². The van der Waals surface area contributed by atoms with E-state index in [-0.39, 0.29) is 5.92 Å². The summed E-state index contributed by atoms with van der Waals surface area (Å²) in [5, 5.41) is 10.9. The fourth-order valence-corrected chi connectivity index (χ4v) is 3.14. The fourth-order valence-electron chi connectivity index (χ4n) is 3.14. The molecule has 27 heavy (non-hydrogen) atoms. The van der Waals surface area contributed by atoms with E-state index in [2.05, 4.69) is 47.6 Å². The van der Waals surface area contributed by atoms with E-state index >= 15 is 0 Å². The SMILES string of the molecule is CCC(CC)c1cc(CNC(=NC)NCC(C)c2ccccc2OC)on1. The molecule has 0 saturated carbocycles. The van der Waals surface area contributed by atoms with Gasteiger partial charge in [-0.25, -0.2) is 0 Å². The van der Waals surface area contributed by atoms with Gasteiger partial charge in [0.1, 0.15) is 5.75 Å². The largest absolute Gasteiger partial charge is 0.496 e. The second-order valence-electron chi connectivity index (χ2n) is 6.68. The van der Waals surface area contributed by atoms with Crippen LogP contribution in [0.15, 0.2) is 39.8 Å². The Morgan fingerprint density at radius 1 is 1.22 bits per heavy atom. The highest BCUT2D eigenvalue weighted by atomic mass is 16.5. The number of methoxy groups -OCH3 is 1. The number of hydrogen-bond acceptors (Lipinski definition) is 4. The summed E-state index contributed by atoms with van der Waals surface area (Å²) in [5.41, 5.74) is 2.21. The maximum absolute atomic E-state index is 5.46. The van der Waals surface area contributed by atoms with Crippen LogP contribution >= 0.6 is 0 Å². The Hall–Kier alpha value is -2.50. The van der Waals surface area contributed by atoms with Gasteiger partial charge in [-0.15, -0.1) is 0 Å². The summed E-state index contributed by atoms with van der Waals surface area (Å²) in [4.78, 5) is 4.29. The molecule has 1 aromatic carbocycles. The van der Waals surface area contributed by atoms with E-state index in [1.54, 1.807) is 14.2 Å². The van der Waals surface area contributed by atoms with E-state index in [9.17, 15) is 0 Å². The summed E-state index contributed by atoms with van der Waals surface area (Å²) in [5.74, 6) is 3.20. The van der Waals surface area contributed by atoms with Crippen molar-refractivity contribution in [2.45, 2.75) is 52.0 Å². The van der Waals surface area contributed by atoms with Crippen LogP contribution in [-0.4, -0.2) is 31.8 Å². The lowest BCUT2D eigenvalue weighted by molar-refractivity contribution is 0.368. The zero-order valence-electron chi connectivity index (χ0n) is 17.1. The molecule has 1 atom stereocenters. The molecule has 148 valence electrons. The molecular formula is C21H32N4O2. The molecule has 6 heteroatoms. The van der Waals surface area contributed by atoms with E-state index in [1.165, 1.54) is 5.56 Å². The Bertz CT molecular complexity index is 722. The highest BCUT2D eigenvalue weighted by Crippen LogP contribution is 2.25. The monoisotopic (exact) mass is 372 g/mol. The third-order valence-corrected chi connectivity index (χ3v) is 4.88. The predicted molar refractivity (Wildman–Crippen MR) is 109 cm³/mol. The van der Waals surface area contributed by atoms with Crippen LogP contribution in [0.4, 0.5) is 0 Å². The molecule has 0 spiro atoms. The van der Waals surface area contributed by atoms with Gasteiger partial charge in [0.15, 0.2) is 11.7 Å². The lowest BCUT2D eigenvalue weighted by Gasteiger charge is -2.18. The van der Waals surface area contributed by atoms with E-state index in [0.717, 1.165) is 42.5 Å². The van der Waals surface area contributed by atoms with Crippen LogP contribution in [0.25, 0.3) is 0 Å². The molecule has 0 aliphatic rings. The van der Waals surface area contributed by atoms with Gasteiger partial charge in [-0.1, -0.05) is 44.1 Å². The van der Waals surface area contributed by atoms with Gasteiger partial charge in [0, 0.05) is 31.5 Å². The average Bonchev–Trinajstić information content (AvgIpc) is 3.17. The maximum Gasteiger partial charge on any atom is 0.191 e. The third kappa shape index (κ3) is 5.74. The molecule has 0 fully saturated rings. The van der Waals surface area contributed by atoms with Gasteiger partial charge < -0.3 is 19.9 Å². The fraction of sp³-hybridized carbons (Fsp3) is 0.524. The van der Waals surface area contributed by atoms with Gasteiger partial charge in [-0.05, 0) is 24.5 Å². The van der Waals surface area contributed by atoms with Gasteiger partial charge in [-0.2, -0.15) is 0 Å². The van der Waals surface area contributed by atoms with Crippen LogP contribution < -0.4 is 15.4 Å². The molecule has 6 nitrogen and oxygen atoms in total. The Kier molecular flexibility index (Phi) is 8.17. The van der Waals surface area contributed by atoms with Crippen molar-refractivity contribution in [3.63, 3.8) is 0 Å². The number of aliphatic imine (C=N–C) groups is 1. The number of aromatic nitrogens is 1. The van der Waals surface area contributed by atoms with Crippen LogP contribution in [0.5, 0.6) is 5.75 Å². The number of rotatable bonds is 9. The summed E-state index contributed by atoms with van der Waals surface area (Å²) in [6.45, 7) is 7.81. The first-order valence-electron chi connectivity index (χ1n) is 9.65. The summed E-state index contributed by atoms with van der Waals surface area (Å²) in [6, 6.07) is 10.1. The quantitative estimate of drug-likeness (QED) is 0.513. The van der Waals surface area contributed by atoms with Crippen molar-refractivity contribution in [3.8, 4) is 5.75 Å². The Morgan fingerprint density at radius 3 is 2.63 bits per heavy atom. The summed E-state index contributed by atoms with van der Waals surface area (Å²) >= 11 is 0. The average molecular weight is 373 g/mol. The van der Waals surface area contributed by atoms with Crippen molar-refractivity contribution in [2.75, 3.05) is 20.7 Å². The van der Waals surface area contributed by atoms with Crippen LogP contribution in [0.3, 0.4) is 0 Å². The molecule has 2 aromatic rings. The molecule has 1 heterocycles. The predicted octanol–water partition coefficient (Wildman–Crippen LogP) is 4.06. The van der Waals surface area contributed by atoms with Gasteiger partial charge in [0.2, 0.25) is 0 Å². The molecule has 2 N–H and O–H groups in total. The molecule has 2 rings (SSSR count). The van der Waals surface area contributed by atoms with Gasteiger partial charge in [-0.3, -0.25) is 4.99 Å². The second kappa shape index (κ2) is 10.6. The number of para-hydroxylation sites is 1. The van der Waals surface area contributed by atoms with Crippen molar-refractivity contribution >= 4 is 5.96 Å². The normalized spacial score (nSPS) is 12.9.